The Morgan fingerprint density at radius 2 is 1.63 bits per heavy atom. The molecule has 35 heavy (non-hydrogen) atoms. The van der Waals surface area contributed by atoms with Gasteiger partial charge in [0.15, 0.2) is 10.1 Å². The number of nitrogens with zero attached hydrogens (tertiary/aromatic N) is 5. The van der Waals surface area contributed by atoms with Gasteiger partial charge in [-0.2, -0.15) is 5.10 Å². The number of fused-ring (bicyclic) bond motifs is 1. The number of methoxy groups -OCH3 is 1. The van der Waals surface area contributed by atoms with E-state index in [1.165, 1.54) is 0 Å². The van der Waals surface area contributed by atoms with E-state index in [9.17, 15) is 0 Å². The lowest BCUT2D eigenvalue weighted by atomic mass is 10.2. The van der Waals surface area contributed by atoms with Crippen LogP contribution < -0.4 is 14.6 Å². The molecule has 8 heteroatoms. The summed E-state index contributed by atoms with van der Waals surface area (Å²) < 4.78 is 5.32. The van der Waals surface area contributed by atoms with Crippen LogP contribution in [0.25, 0.3) is 0 Å². The fraction of sp³-hybridized carbons (Fsp3) is 0.444. The standard InChI is InChI=1S/C27H35N5OS2/c1-7-8-17-29-23-11-9-10-12-24(23)32(28-18-21-13-15-22(33-6)16-14-21)27(29)25(34)30(19(2)3)26(35)31(27)20(4)5/h9-16,18-20H,7-8,17H2,1-6H3/b28-18+/t27-/m0/s1. The molecule has 0 amide bonds. The largest absolute Gasteiger partial charge is 0.497 e. The van der Waals surface area contributed by atoms with E-state index in [1.807, 2.05) is 30.5 Å². The van der Waals surface area contributed by atoms with Gasteiger partial charge in [0, 0.05) is 18.6 Å². The normalized spacial score (nSPS) is 19.9. The molecule has 1 fully saturated rings. The summed E-state index contributed by atoms with van der Waals surface area (Å²) in [6.45, 7) is 11.7. The van der Waals surface area contributed by atoms with Crippen molar-refractivity contribution >= 4 is 52.1 Å². The predicted octanol–water partition coefficient (Wildman–Crippen LogP) is 5.86. The minimum Gasteiger partial charge on any atom is -0.497 e. The highest BCUT2D eigenvalue weighted by atomic mass is 32.1. The second-order valence-electron chi connectivity index (χ2n) is 9.47. The highest BCUT2D eigenvalue weighted by Gasteiger charge is 2.65. The van der Waals surface area contributed by atoms with Gasteiger partial charge >= 0.3 is 0 Å². The molecular weight excluding hydrogens is 474 g/mol. The summed E-state index contributed by atoms with van der Waals surface area (Å²) in [7, 11) is 1.67. The fourth-order valence-corrected chi connectivity index (χ4v) is 6.24. The molecule has 1 atom stereocenters. The zero-order chi connectivity index (χ0) is 25.3. The third kappa shape index (κ3) is 4.06. The smallest absolute Gasteiger partial charge is 0.267 e. The molecule has 0 bridgehead atoms. The molecule has 0 N–H and O–H groups in total. The van der Waals surface area contributed by atoms with Crippen LogP contribution >= 0.6 is 24.4 Å². The number of rotatable bonds is 8. The van der Waals surface area contributed by atoms with Crippen LogP contribution in [0, 0.1) is 0 Å². The molecule has 1 spiro atoms. The number of anilines is 2. The van der Waals surface area contributed by atoms with Crippen molar-refractivity contribution < 1.29 is 4.74 Å². The zero-order valence-corrected chi connectivity index (χ0v) is 23.1. The maximum atomic E-state index is 6.30. The molecule has 2 aliphatic rings. The first-order valence-corrected chi connectivity index (χ1v) is 13.1. The van der Waals surface area contributed by atoms with Crippen molar-refractivity contribution in [3.8, 4) is 5.75 Å². The number of hydrogen-bond acceptors (Lipinski definition) is 6. The highest BCUT2D eigenvalue weighted by molar-refractivity contribution is 7.82. The first-order valence-electron chi connectivity index (χ1n) is 12.3. The number of ether oxygens (including phenoxy) is 1. The van der Waals surface area contributed by atoms with Gasteiger partial charge in [-0.05, 0) is 88.3 Å². The van der Waals surface area contributed by atoms with Gasteiger partial charge in [-0.1, -0.05) is 37.7 Å². The molecule has 0 aliphatic carbocycles. The van der Waals surface area contributed by atoms with E-state index in [1.54, 1.807) is 7.11 Å². The average molecular weight is 510 g/mol. The number of benzene rings is 2. The Morgan fingerprint density at radius 1 is 0.971 bits per heavy atom. The summed E-state index contributed by atoms with van der Waals surface area (Å²) in [5, 5.41) is 7.94. The van der Waals surface area contributed by atoms with Gasteiger partial charge in [0.05, 0.1) is 24.7 Å². The fourth-order valence-electron chi connectivity index (χ4n) is 4.95. The van der Waals surface area contributed by atoms with Gasteiger partial charge < -0.3 is 14.5 Å². The molecule has 0 aromatic heterocycles. The molecular formula is C27H35N5OS2. The van der Waals surface area contributed by atoms with Crippen molar-refractivity contribution in [1.29, 1.82) is 0 Å². The Labute approximate surface area is 220 Å². The molecule has 2 aliphatic heterocycles. The summed E-state index contributed by atoms with van der Waals surface area (Å²) in [6, 6.07) is 16.6. The van der Waals surface area contributed by atoms with E-state index < -0.39 is 5.79 Å². The van der Waals surface area contributed by atoms with E-state index in [-0.39, 0.29) is 12.1 Å². The molecule has 0 unspecified atom stereocenters. The third-order valence-electron chi connectivity index (χ3n) is 6.53. The van der Waals surface area contributed by atoms with Gasteiger partial charge in [-0.15, -0.1) is 0 Å². The monoisotopic (exact) mass is 509 g/mol. The molecule has 0 saturated carbocycles. The minimum absolute atomic E-state index is 0.112. The summed E-state index contributed by atoms with van der Waals surface area (Å²) >= 11 is 12.4. The third-order valence-corrected chi connectivity index (χ3v) is 7.40. The summed E-state index contributed by atoms with van der Waals surface area (Å²) in [5.74, 6) is -0.0103. The van der Waals surface area contributed by atoms with Gasteiger partial charge in [-0.3, -0.25) is 4.90 Å². The number of thiocarbonyl (C=S) groups is 2. The van der Waals surface area contributed by atoms with Crippen molar-refractivity contribution in [2.24, 2.45) is 5.10 Å². The molecule has 6 nitrogen and oxygen atoms in total. The van der Waals surface area contributed by atoms with Gasteiger partial charge in [0.2, 0.25) is 0 Å². The van der Waals surface area contributed by atoms with Crippen LogP contribution in [0.2, 0.25) is 0 Å². The van der Waals surface area contributed by atoms with Crippen LogP contribution in [0.5, 0.6) is 5.75 Å². The molecule has 0 radical (unpaired) electrons. The number of hydrazone groups is 1. The van der Waals surface area contributed by atoms with E-state index in [0.29, 0.717) is 0 Å². The predicted molar refractivity (Wildman–Crippen MR) is 154 cm³/mol. The number of hydrogen-bond donors (Lipinski definition) is 0. The molecule has 1 saturated heterocycles. The lowest BCUT2D eigenvalue weighted by Gasteiger charge is -2.47. The van der Waals surface area contributed by atoms with Crippen LogP contribution in [-0.4, -0.2) is 57.6 Å². The SMILES string of the molecule is CCCCN1c2ccccc2N(/N=C/c2ccc(OC)cc2)[C@@]12C(=S)N(C(C)C)C(=S)N2C(C)C. The maximum absolute atomic E-state index is 6.30. The quantitative estimate of drug-likeness (QED) is 0.326. The molecule has 186 valence electrons. The van der Waals surface area contributed by atoms with Crippen LogP contribution in [-0.2, 0) is 0 Å². The van der Waals surface area contributed by atoms with Gasteiger partial charge in [0.1, 0.15) is 5.75 Å². The van der Waals surface area contributed by atoms with Gasteiger partial charge in [0.25, 0.3) is 5.79 Å². The zero-order valence-electron chi connectivity index (χ0n) is 21.4. The summed E-state index contributed by atoms with van der Waals surface area (Å²) in [4.78, 5) is 7.57. The van der Waals surface area contributed by atoms with Crippen LogP contribution in [0.1, 0.15) is 53.0 Å². The second kappa shape index (κ2) is 10.1. The van der Waals surface area contributed by atoms with Crippen LogP contribution in [0.4, 0.5) is 11.4 Å². The summed E-state index contributed by atoms with van der Waals surface area (Å²) in [6.07, 6.45) is 4.01. The lowest BCUT2D eigenvalue weighted by Crippen LogP contribution is -2.69. The van der Waals surface area contributed by atoms with Crippen molar-refractivity contribution in [2.75, 3.05) is 23.6 Å². The average Bonchev–Trinajstić information content (AvgIpc) is 3.24. The Kier molecular flexibility index (Phi) is 7.33. The maximum Gasteiger partial charge on any atom is 0.267 e. The first kappa shape index (κ1) is 25.4. The number of unbranched alkanes of at least 4 members (excludes halogenated alkanes) is 1. The Balaban J connectivity index is 1.93. The van der Waals surface area contributed by atoms with Crippen molar-refractivity contribution in [3.05, 3.63) is 54.1 Å². The van der Waals surface area contributed by atoms with Crippen molar-refractivity contribution in [3.63, 3.8) is 0 Å². The Bertz CT molecular complexity index is 1120. The highest BCUT2D eigenvalue weighted by Crippen LogP contribution is 2.51. The number of para-hydroxylation sites is 2. The second-order valence-corrected chi connectivity index (χ2v) is 10.2. The van der Waals surface area contributed by atoms with E-state index >= 15 is 0 Å². The topological polar surface area (TPSA) is 34.6 Å². The summed E-state index contributed by atoms with van der Waals surface area (Å²) in [5.41, 5.74) is 3.12. The van der Waals surface area contributed by atoms with Gasteiger partial charge in [-0.25, -0.2) is 5.01 Å². The molecule has 2 aromatic rings. The van der Waals surface area contributed by atoms with Crippen LogP contribution in [0.15, 0.2) is 53.6 Å². The van der Waals surface area contributed by atoms with E-state index in [4.69, 9.17) is 34.3 Å². The van der Waals surface area contributed by atoms with E-state index in [0.717, 1.165) is 52.2 Å². The Morgan fingerprint density at radius 3 is 2.20 bits per heavy atom. The minimum atomic E-state index is -0.827. The molecule has 4 rings (SSSR count). The first-order chi connectivity index (χ1) is 16.8. The Hall–Kier alpha value is -2.71. The molecule has 2 heterocycles. The van der Waals surface area contributed by atoms with Crippen molar-refractivity contribution in [1.82, 2.24) is 9.80 Å². The van der Waals surface area contributed by atoms with E-state index in [2.05, 4.69) is 78.6 Å². The molecule has 2 aromatic carbocycles. The lowest BCUT2D eigenvalue weighted by molar-refractivity contribution is 0.215. The van der Waals surface area contributed by atoms with Crippen molar-refractivity contribution in [2.45, 2.75) is 65.3 Å². The van der Waals surface area contributed by atoms with Crippen LogP contribution in [0.3, 0.4) is 0 Å².